The van der Waals surface area contributed by atoms with E-state index in [1.165, 1.54) is 12.3 Å². The summed E-state index contributed by atoms with van der Waals surface area (Å²) in [6.45, 7) is 1.78. The summed E-state index contributed by atoms with van der Waals surface area (Å²) in [4.78, 5) is 26.6. The highest BCUT2D eigenvalue weighted by atomic mass is 35.5. The summed E-state index contributed by atoms with van der Waals surface area (Å²) >= 11 is 5.96. The summed E-state index contributed by atoms with van der Waals surface area (Å²) in [5.41, 5.74) is 2.62. The first kappa shape index (κ1) is 18.3. The summed E-state index contributed by atoms with van der Waals surface area (Å²) < 4.78 is 0. The van der Waals surface area contributed by atoms with Crippen LogP contribution in [0.25, 0.3) is 5.57 Å². The molecule has 0 aliphatic carbocycles. The molecule has 29 heavy (non-hydrogen) atoms. The monoisotopic (exact) mass is 405 g/mol. The van der Waals surface area contributed by atoms with Crippen molar-refractivity contribution in [3.8, 4) is 6.07 Å². The molecule has 0 bridgehead atoms. The number of halogens is 1. The molecule has 0 unspecified atom stereocenters. The van der Waals surface area contributed by atoms with Gasteiger partial charge in [-0.25, -0.2) is 4.90 Å². The average Bonchev–Trinajstić information content (AvgIpc) is 3.31. The highest BCUT2D eigenvalue weighted by Crippen LogP contribution is 2.33. The Hall–Kier alpha value is -4.03. The number of carbonyl (C=O) groups excluding carboxylic acids is 2. The van der Waals surface area contributed by atoms with Crippen LogP contribution in [0.1, 0.15) is 32.1 Å². The summed E-state index contributed by atoms with van der Waals surface area (Å²) in [7, 11) is 0. The highest BCUT2D eigenvalue weighted by Gasteiger charge is 2.37. The topological polar surface area (TPSA) is 128 Å². The lowest BCUT2D eigenvalue weighted by Crippen LogP contribution is -2.30. The number of carbonyl (C=O) groups is 2. The van der Waals surface area contributed by atoms with Crippen LogP contribution in [0.15, 0.2) is 42.6 Å². The third-order valence-electron chi connectivity index (χ3n) is 4.38. The molecule has 0 atom stereocenters. The Kier molecular flexibility index (Phi) is 4.54. The van der Waals surface area contributed by atoms with Crippen LogP contribution >= 0.6 is 11.6 Å². The van der Waals surface area contributed by atoms with Crippen LogP contribution in [-0.4, -0.2) is 32.4 Å². The standard InChI is InChI=1S/C19H12ClN7O2/c1-10-6-13(22-9-11(8-21)17-23-25-26-24-17)3-5-16(10)27-18(28)14-4-2-12(20)7-15(14)19(27)29/h2-7,9,22H,1H3,(H,23,24,25,26). The van der Waals surface area contributed by atoms with Crippen molar-refractivity contribution in [2.24, 2.45) is 0 Å². The molecule has 1 aromatic heterocycles. The Balaban J connectivity index is 1.61. The normalized spacial score (nSPS) is 13.4. The maximum Gasteiger partial charge on any atom is 0.266 e. The predicted octanol–water partition coefficient (Wildman–Crippen LogP) is 2.94. The van der Waals surface area contributed by atoms with Crippen molar-refractivity contribution in [3.05, 3.63) is 70.1 Å². The van der Waals surface area contributed by atoms with E-state index in [1.807, 2.05) is 6.07 Å². The molecular formula is C19H12ClN7O2. The number of fused-ring (bicyclic) bond motifs is 1. The van der Waals surface area contributed by atoms with Crippen LogP contribution < -0.4 is 10.2 Å². The third kappa shape index (κ3) is 3.22. The van der Waals surface area contributed by atoms with E-state index in [-0.39, 0.29) is 17.0 Å². The second-order valence-corrected chi connectivity index (χ2v) is 6.62. The van der Waals surface area contributed by atoms with Gasteiger partial charge in [0.1, 0.15) is 11.6 Å². The highest BCUT2D eigenvalue weighted by molar-refractivity contribution is 6.36. The molecular weight excluding hydrogens is 394 g/mol. The average molecular weight is 406 g/mol. The SMILES string of the molecule is Cc1cc(NC=C(C#N)c2nn[nH]n2)ccc1N1C(=O)c2ccc(Cl)cc2C1=O. The first-order valence-corrected chi connectivity index (χ1v) is 8.77. The van der Waals surface area contributed by atoms with Crippen LogP contribution in [-0.2, 0) is 0 Å². The Morgan fingerprint density at radius 3 is 2.69 bits per heavy atom. The molecule has 2 aromatic carbocycles. The van der Waals surface area contributed by atoms with Crippen LogP contribution in [0.4, 0.5) is 11.4 Å². The molecule has 2 amide bonds. The number of H-pyrrole nitrogens is 1. The lowest BCUT2D eigenvalue weighted by molar-refractivity contribution is 0.0926. The zero-order valence-electron chi connectivity index (χ0n) is 15.0. The summed E-state index contributed by atoms with van der Waals surface area (Å²) in [5.74, 6) is -0.646. The van der Waals surface area contributed by atoms with Gasteiger partial charge in [0.2, 0.25) is 5.82 Å². The zero-order chi connectivity index (χ0) is 20.5. The fourth-order valence-electron chi connectivity index (χ4n) is 3.01. The minimum absolute atomic E-state index is 0.165. The number of hydrogen-bond acceptors (Lipinski definition) is 7. The van der Waals surface area contributed by atoms with Gasteiger partial charge in [0.15, 0.2) is 0 Å². The van der Waals surface area contributed by atoms with E-state index in [0.29, 0.717) is 27.5 Å². The fourth-order valence-corrected chi connectivity index (χ4v) is 3.18. The number of amides is 2. The Morgan fingerprint density at radius 1 is 1.21 bits per heavy atom. The fraction of sp³-hybridized carbons (Fsp3) is 0.0526. The number of benzene rings is 2. The van der Waals surface area contributed by atoms with Gasteiger partial charge >= 0.3 is 0 Å². The largest absolute Gasteiger partial charge is 0.360 e. The lowest BCUT2D eigenvalue weighted by atomic mass is 10.1. The smallest absolute Gasteiger partial charge is 0.266 e. The van der Waals surface area contributed by atoms with Gasteiger partial charge in [-0.15, -0.1) is 10.2 Å². The van der Waals surface area contributed by atoms with Crippen molar-refractivity contribution in [1.82, 2.24) is 20.6 Å². The maximum absolute atomic E-state index is 12.7. The third-order valence-corrected chi connectivity index (χ3v) is 4.61. The van der Waals surface area contributed by atoms with Crippen molar-refractivity contribution in [1.29, 1.82) is 5.26 Å². The van der Waals surface area contributed by atoms with E-state index in [0.717, 1.165) is 4.90 Å². The van der Waals surface area contributed by atoms with E-state index in [1.54, 1.807) is 37.3 Å². The molecule has 10 heteroatoms. The molecule has 0 radical (unpaired) electrons. The summed E-state index contributed by atoms with van der Waals surface area (Å²) in [6.07, 6.45) is 1.45. The van der Waals surface area contributed by atoms with Crippen LogP contribution in [0.2, 0.25) is 5.02 Å². The molecule has 2 heterocycles. The molecule has 0 saturated heterocycles. The molecule has 0 saturated carbocycles. The second kappa shape index (κ2) is 7.18. The van der Waals surface area contributed by atoms with Gasteiger partial charge in [0, 0.05) is 16.9 Å². The number of tetrazole rings is 1. The number of rotatable bonds is 4. The minimum Gasteiger partial charge on any atom is -0.360 e. The summed E-state index contributed by atoms with van der Waals surface area (Å²) in [6, 6.07) is 11.7. The number of nitrogens with one attached hydrogen (secondary N) is 2. The number of aryl methyl sites for hydroxylation is 1. The number of nitriles is 1. The van der Waals surface area contributed by atoms with Gasteiger partial charge < -0.3 is 5.32 Å². The van der Waals surface area contributed by atoms with Crippen molar-refractivity contribution < 1.29 is 9.59 Å². The molecule has 1 aliphatic rings. The molecule has 142 valence electrons. The van der Waals surface area contributed by atoms with Gasteiger partial charge in [-0.05, 0) is 54.1 Å². The number of aromatic amines is 1. The van der Waals surface area contributed by atoms with Crippen LogP contribution in [0.5, 0.6) is 0 Å². The molecule has 0 fully saturated rings. The number of hydrogen-bond donors (Lipinski definition) is 2. The van der Waals surface area contributed by atoms with Crippen molar-refractivity contribution in [3.63, 3.8) is 0 Å². The van der Waals surface area contributed by atoms with Crippen molar-refractivity contribution in [2.45, 2.75) is 6.92 Å². The number of nitrogens with zero attached hydrogens (tertiary/aromatic N) is 5. The zero-order valence-corrected chi connectivity index (χ0v) is 15.7. The molecule has 2 N–H and O–H groups in total. The summed E-state index contributed by atoms with van der Waals surface area (Å²) in [5, 5.41) is 25.8. The number of allylic oxidation sites excluding steroid dienone is 1. The molecule has 1 aliphatic heterocycles. The first-order chi connectivity index (χ1) is 14.0. The Bertz CT molecular complexity index is 1210. The number of anilines is 2. The number of imide groups is 1. The maximum atomic E-state index is 12.7. The van der Waals surface area contributed by atoms with Crippen molar-refractivity contribution >= 4 is 40.4 Å². The van der Waals surface area contributed by atoms with Gasteiger partial charge in [-0.2, -0.15) is 10.5 Å². The van der Waals surface area contributed by atoms with E-state index in [4.69, 9.17) is 11.6 Å². The molecule has 4 rings (SSSR count). The van der Waals surface area contributed by atoms with Gasteiger partial charge in [-0.1, -0.05) is 11.6 Å². The quantitative estimate of drug-likeness (QED) is 0.504. The predicted molar refractivity (Wildman–Crippen MR) is 105 cm³/mol. The van der Waals surface area contributed by atoms with Crippen LogP contribution in [0.3, 0.4) is 0 Å². The molecule has 3 aromatic rings. The minimum atomic E-state index is -0.417. The van der Waals surface area contributed by atoms with Gasteiger partial charge in [-0.3, -0.25) is 9.59 Å². The lowest BCUT2D eigenvalue weighted by Gasteiger charge is -2.17. The van der Waals surface area contributed by atoms with E-state index in [9.17, 15) is 14.9 Å². The van der Waals surface area contributed by atoms with Gasteiger partial charge in [0.25, 0.3) is 11.8 Å². The number of aromatic nitrogens is 4. The Labute approximate surface area is 169 Å². The van der Waals surface area contributed by atoms with Gasteiger partial charge in [0.05, 0.1) is 16.8 Å². The second-order valence-electron chi connectivity index (χ2n) is 6.19. The molecule has 9 nitrogen and oxygen atoms in total. The van der Waals surface area contributed by atoms with Crippen LogP contribution in [0, 0.1) is 18.3 Å². The molecule has 0 spiro atoms. The first-order valence-electron chi connectivity index (χ1n) is 8.39. The Morgan fingerprint density at radius 2 is 2.00 bits per heavy atom. The van der Waals surface area contributed by atoms with E-state index >= 15 is 0 Å². The van der Waals surface area contributed by atoms with E-state index in [2.05, 4.69) is 25.9 Å². The van der Waals surface area contributed by atoms with Crippen molar-refractivity contribution in [2.75, 3.05) is 10.2 Å². The van der Waals surface area contributed by atoms with E-state index < -0.39 is 11.8 Å².